The summed E-state index contributed by atoms with van der Waals surface area (Å²) in [5.74, 6) is 0.960. The molecule has 0 saturated carbocycles. The minimum atomic E-state index is -0.330. The number of nitrogens with one attached hydrogen (secondary N) is 2. The van der Waals surface area contributed by atoms with E-state index in [1.54, 1.807) is 19.2 Å². The third-order valence-electron chi connectivity index (χ3n) is 8.38. The lowest BCUT2D eigenvalue weighted by molar-refractivity contribution is -0.383. The predicted molar refractivity (Wildman–Crippen MR) is 142 cm³/mol. The molecule has 0 radical (unpaired) electrons. The van der Waals surface area contributed by atoms with Gasteiger partial charge in [0.25, 0.3) is 5.69 Å². The van der Waals surface area contributed by atoms with Crippen LogP contribution in [0.1, 0.15) is 28.8 Å². The number of para-hydroxylation sites is 1. The number of ether oxygens (including phenoxy) is 1. The van der Waals surface area contributed by atoms with Gasteiger partial charge in [-0.25, -0.2) is 0 Å². The third-order valence-corrected chi connectivity index (χ3v) is 8.38. The lowest BCUT2D eigenvalue weighted by Gasteiger charge is -2.51. The lowest BCUT2D eigenvalue weighted by atomic mass is 9.56. The van der Waals surface area contributed by atoms with Crippen LogP contribution in [0.3, 0.4) is 0 Å². The molecule has 0 spiro atoms. The van der Waals surface area contributed by atoms with Gasteiger partial charge in [0.1, 0.15) is 11.3 Å². The van der Waals surface area contributed by atoms with E-state index in [1.165, 1.54) is 0 Å². The van der Waals surface area contributed by atoms with E-state index < -0.39 is 0 Å². The first-order valence-corrected chi connectivity index (χ1v) is 12.7. The Kier molecular flexibility index (Phi) is 5.80. The summed E-state index contributed by atoms with van der Waals surface area (Å²) in [6.07, 6.45) is 2.57. The van der Waals surface area contributed by atoms with Crippen molar-refractivity contribution in [3.8, 4) is 5.75 Å². The van der Waals surface area contributed by atoms with Crippen molar-refractivity contribution in [3.05, 3.63) is 105 Å². The van der Waals surface area contributed by atoms with Crippen LogP contribution in [0.5, 0.6) is 5.75 Å². The number of piperidine rings is 1. The molecular formula is C30H29N3O4. The quantitative estimate of drug-likeness (QED) is 0.293. The molecule has 3 aromatic carbocycles. The largest absolute Gasteiger partial charge is 0.497 e. The summed E-state index contributed by atoms with van der Waals surface area (Å²) in [5, 5.41) is 16.2. The Hall–Kier alpha value is -3.97. The molecule has 1 fully saturated rings. The van der Waals surface area contributed by atoms with Gasteiger partial charge < -0.3 is 15.0 Å². The second kappa shape index (κ2) is 9.16. The van der Waals surface area contributed by atoms with E-state index in [2.05, 4.69) is 22.4 Å². The first-order chi connectivity index (χ1) is 18.0. The van der Waals surface area contributed by atoms with E-state index in [1.807, 2.05) is 48.5 Å². The van der Waals surface area contributed by atoms with Crippen molar-refractivity contribution in [2.75, 3.05) is 13.7 Å². The maximum absolute atomic E-state index is 13.8. The summed E-state index contributed by atoms with van der Waals surface area (Å²) in [6.45, 7) is 0.717. The summed E-state index contributed by atoms with van der Waals surface area (Å²) in [4.78, 5) is 28.7. The van der Waals surface area contributed by atoms with Gasteiger partial charge in [-0.05, 0) is 60.5 Å². The van der Waals surface area contributed by atoms with Crippen LogP contribution in [0.25, 0.3) is 10.9 Å². The number of aromatic amines is 1. The van der Waals surface area contributed by atoms with Crippen LogP contribution in [-0.2, 0) is 29.5 Å². The number of Topliss-reactive ketones (excluding diaryl/α,β-unsaturated/α-hetero) is 1. The Balaban J connectivity index is 1.49. The van der Waals surface area contributed by atoms with Gasteiger partial charge in [-0.1, -0.05) is 54.6 Å². The topological polar surface area (TPSA) is 97.3 Å². The van der Waals surface area contributed by atoms with Gasteiger partial charge in [-0.15, -0.1) is 0 Å². The molecule has 7 nitrogen and oxygen atoms in total. The highest BCUT2D eigenvalue weighted by Gasteiger charge is 2.52. The fraction of sp³-hybridized carbons (Fsp3) is 0.300. The summed E-state index contributed by atoms with van der Waals surface area (Å²) >= 11 is 0. The van der Waals surface area contributed by atoms with Crippen molar-refractivity contribution in [2.24, 2.45) is 5.92 Å². The maximum atomic E-state index is 13.8. The number of rotatable bonds is 6. The highest BCUT2D eigenvalue weighted by molar-refractivity contribution is 5.92. The molecule has 1 aromatic heterocycles. The molecule has 7 heteroatoms. The van der Waals surface area contributed by atoms with Crippen LogP contribution in [0.2, 0.25) is 0 Å². The SMILES string of the molecule is COc1cccc([C@]23CCNC(C(=O)Cc4ccccc4)C2Cc2c([nH]c4c([N+](=O)[O-])cccc24)C3)c1. The van der Waals surface area contributed by atoms with E-state index in [9.17, 15) is 14.9 Å². The standard InChI is InChI=1S/C30H29N3O4/c1-37-21-10-5-9-20(16-21)30-13-14-31-29(27(34)15-19-7-3-2-4-8-19)24(30)17-23-22-11-6-12-26(33(35)36)28(22)32-25(23)18-30/h2-12,16,24,29,31-32H,13-15,17-18H2,1H3/t24?,29?,30-/m1/s1. The second-order valence-electron chi connectivity index (χ2n) is 10.2. The molecule has 1 aliphatic carbocycles. The van der Waals surface area contributed by atoms with E-state index in [0.29, 0.717) is 31.3 Å². The third kappa shape index (κ3) is 3.90. The highest BCUT2D eigenvalue weighted by atomic mass is 16.6. The number of H-pyrrole nitrogens is 1. The number of benzene rings is 3. The molecule has 188 valence electrons. The number of nitro benzene ring substituents is 1. The van der Waals surface area contributed by atoms with Gasteiger partial charge in [0.05, 0.1) is 18.1 Å². The van der Waals surface area contributed by atoms with Crippen molar-refractivity contribution < 1.29 is 14.5 Å². The molecule has 37 heavy (non-hydrogen) atoms. The molecule has 1 aliphatic heterocycles. The summed E-state index contributed by atoms with van der Waals surface area (Å²) < 4.78 is 5.57. The molecule has 2 heterocycles. The molecule has 2 N–H and O–H groups in total. The lowest BCUT2D eigenvalue weighted by Crippen LogP contribution is -2.60. The number of hydrogen-bond donors (Lipinski definition) is 2. The molecular weight excluding hydrogens is 466 g/mol. The minimum Gasteiger partial charge on any atom is -0.497 e. The maximum Gasteiger partial charge on any atom is 0.293 e. The predicted octanol–water partition coefficient (Wildman–Crippen LogP) is 4.91. The number of non-ortho nitro benzene ring substituents is 1. The van der Waals surface area contributed by atoms with Crippen molar-refractivity contribution in [3.63, 3.8) is 0 Å². The molecule has 1 saturated heterocycles. The zero-order chi connectivity index (χ0) is 25.6. The van der Waals surface area contributed by atoms with Crippen LogP contribution < -0.4 is 10.1 Å². The molecule has 2 unspecified atom stereocenters. The highest BCUT2D eigenvalue weighted by Crippen LogP contribution is 2.50. The van der Waals surface area contributed by atoms with Crippen molar-refractivity contribution in [2.45, 2.75) is 37.1 Å². The Morgan fingerprint density at radius 2 is 1.92 bits per heavy atom. The summed E-state index contributed by atoms with van der Waals surface area (Å²) in [6, 6.07) is 23.0. The number of ketones is 1. The van der Waals surface area contributed by atoms with Crippen LogP contribution >= 0.6 is 0 Å². The second-order valence-corrected chi connectivity index (χ2v) is 10.2. The first-order valence-electron chi connectivity index (χ1n) is 12.7. The van der Waals surface area contributed by atoms with Gasteiger partial charge >= 0.3 is 0 Å². The van der Waals surface area contributed by atoms with Crippen molar-refractivity contribution in [1.29, 1.82) is 0 Å². The fourth-order valence-electron chi connectivity index (χ4n) is 6.65. The van der Waals surface area contributed by atoms with Gasteiger partial charge in [0, 0.05) is 29.0 Å². The van der Waals surface area contributed by atoms with E-state index >= 15 is 0 Å². The normalized spacial score (nSPS) is 22.7. The fourth-order valence-corrected chi connectivity index (χ4v) is 6.65. The van der Waals surface area contributed by atoms with Crippen LogP contribution in [0.4, 0.5) is 5.69 Å². The Morgan fingerprint density at radius 1 is 1.11 bits per heavy atom. The molecule has 0 bridgehead atoms. The molecule has 3 atom stereocenters. The monoisotopic (exact) mass is 495 g/mol. The number of hydrogen-bond acceptors (Lipinski definition) is 5. The molecule has 4 aromatic rings. The Bertz CT molecular complexity index is 1500. The van der Waals surface area contributed by atoms with Gasteiger partial charge in [-0.3, -0.25) is 14.9 Å². The number of carbonyl (C=O) groups is 1. The van der Waals surface area contributed by atoms with Crippen molar-refractivity contribution >= 4 is 22.4 Å². The van der Waals surface area contributed by atoms with Gasteiger partial charge in [-0.2, -0.15) is 0 Å². The summed E-state index contributed by atoms with van der Waals surface area (Å²) in [5.41, 5.74) is 4.61. The Labute approximate surface area is 215 Å². The zero-order valence-electron chi connectivity index (χ0n) is 20.7. The van der Waals surface area contributed by atoms with Crippen LogP contribution in [0.15, 0.2) is 72.8 Å². The number of nitro groups is 1. The van der Waals surface area contributed by atoms with Crippen LogP contribution in [0, 0.1) is 16.0 Å². The number of carbonyl (C=O) groups excluding carboxylic acids is 1. The van der Waals surface area contributed by atoms with Gasteiger partial charge in [0.15, 0.2) is 5.78 Å². The van der Waals surface area contributed by atoms with Crippen LogP contribution in [-0.4, -0.2) is 35.4 Å². The smallest absolute Gasteiger partial charge is 0.293 e. The number of aromatic nitrogens is 1. The first kappa shape index (κ1) is 23.4. The average Bonchev–Trinajstić information content (AvgIpc) is 3.29. The molecule has 0 amide bonds. The average molecular weight is 496 g/mol. The molecule has 2 aliphatic rings. The van der Waals surface area contributed by atoms with E-state index in [-0.39, 0.29) is 33.8 Å². The van der Waals surface area contributed by atoms with Gasteiger partial charge in [0.2, 0.25) is 0 Å². The summed E-state index contributed by atoms with van der Waals surface area (Å²) in [7, 11) is 1.67. The zero-order valence-corrected chi connectivity index (χ0v) is 20.7. The number of nitrogens with zero attached hydrogens (tertiary/aromatic N) is 1. The van der Waals surface area contributed by atoms with E-state index in [4.69, 9.17) is 4.74 Å². The van der Waals surface area contributed by atoms with E-state index in [0.717, 1.165) is 39.9 Å². The Morgan fingerprint density at radius 3 is 2.70 bits per heavy atom. The minimum absolute atomic E-state index is 0.00432. The van der Waals surface area contributed by atoms with Crippen molar-refractivity contribution in [1.82, 2.24) is 10.3 Å². The molecule has 6 rings (SSSR count). The number of methoxy groups -OCH3 is 1. The number of fused-ring (bicyclic) bond motifs is 4.